The highest BCUT2D eigenvalue weighted by atomic mass is 32.2. The number of hydrogen-bond acceptors (Lipinski definition) is 4. The zero-order chi connectivity index (χ0) is 17.7. The predicted molar refractivity (Wildman–Crippen MR) is 88.7 cm³/mol. The smallest absolute Gasteiger partial charge is 0.433 e. The fourth-order valence-corrected chi connectivity index (χ4v) is 2.42. The van der Waals surface area contributed by atoms with Crippen LogP contribution in [0.2, 0.25) is 0 Å². The summed E-state index contributed by atoms with van der Waals surface area (Å²) < 4.78 is 36.4. The van der Waals surface area contributed by atoms with E-state index in [1.165, 1.54) is 18.3 Å². The highest BCUT2D eigenvalue weighted by Gasteiger charge is 2.14. The van der Waals surface area contributed by atoms with Crippen LogP contribution in [0.1, 0.15) is 44.7 Å². The maximum Gasteiger partial charge on any atom is 0.433 e. The van der Waals surface area contributed by atoms with Crippen molar-refractivity contribution in [1.82, 2.24) is 0 Å². The van der Waals surface area contributed by atoms with Gasteiger partial charge in [0.1, 0.15) is 5.60 Å². The number of unbranched alkanes of at least 4 members (excludes halogenated alkanes) is 1. The van der Waals surface area contributed by atoms with Gasteiger partial charge in [-0.05, 0) is 70.2 Å². The monoisotopic (exact) mass is 341 g/mol. The number of hydrogen-bond donors (Lipinski definition) is 1. The highest BCUT2D eigenvalue weighted by Crippen LogP contribution is 2.17. The number of rotatable bonds is 5. The molecule has 0 aromatic heterocycles. The van der Waals surface area contributed by atoms with E-state index in [0.29, 0.717) is 19.3 Å². The summed E-state index contributed by atoms with van der Waals surface area (Å²) in [6.45, 7) is 7.18. The lowest BCUT2D eigenvalue weighted by Gasteiger charge is -2.17. The van der Waals surface area contributed by atoms with Crippen molar-refractivity contribution >= 4 is 22.4 Å². The molecule has 0 radical (unpaired) electrons. The zero-order valence-corrected chi connectivity index (χ0v) is 14.7. The van der Waals surface area contributed by atoms with Crippen LogP contribution in [0.25, 0.3) is 0 Å². The van der Waals surface area contributed by atoms with Gasteiger partial charge in [0.15, 0.2) is 0 Å². The number of nitrogens with zero attached hydrogens (tertiary/aromatic N) is 1. The first-order valence-electron chi connectivity index (χ1n) is 7.31. The molecular formula is C16H23NO5S. The molecule has 0 spiro atoms. The molecule has 0 fully saturated rings. The van der Waals surface area contributed by atoms with Crippen molar-refractivity contribution in [2.45, 2.75) is 57.5 Å². The van der Waals surface area contributed by atoms with Gasteiger partial charge in [0.05, 0.1) is 4.90 Å². The van der Waals surface area contributed by atoms with Crippen LogP contribution in [0.4, 0.5) is 4.79 Å². The van der Waals surface area contributed by atoms with Gasteiger partial charge in [0.2, 0.25) is 0 Å². The minimum absolute atomic E-state index is 0.111. The molecule has 6 nitrogen and oxygen atoms in total. The lowest BCUT2D eigenvalue weighted by molar-refractivity contribution is 0.0605. The fraction of sp³-hybridized carbons (Fsp3) is 0.500. The van der Waals surface area contributed by atoms with Crippen molar-refractivity contribution in [3.8, 4) is 0 Å². The molecule has 1 amide bonds. The average molecular weight is 341 g/mol. The Kier molecular flexibility index (Phi) is 6.47. The van der Waals surface area contributed by atoms with Crippen LogP contribution in [0.3, 0.4) is 0 Å². The van der Waals surface area contributed by atoms with E-state index >= 15 is 0 Å². The Morgan fingerprint density at radius 2 is 2.00 bits per heavy atom. The summed E-state index contributed by atoms with van der Waals surface area (Å²) >= 11 is 0. The van der Waals surface area contributed by atoms with Crippen LogP contribution in [0.15, 0.2) is 28.1 Å². The average Bonchev–Trinajstić information content (AvgIpc) is 2.36. The number of ether oxygens (including phenoxy) is 1. The zero-order valence-electron chi connectivity index (χ0n) is 13.9. The number of aliphatic imine (C=N–C) groups is 1. The first-order chi connectivity index (χ1) is 10.5. The molecule has 1 aromatic carbocycles. The van der Waals surface area contributed by atoms with Crippen LogP contribution < -0.4 is 0 Å². The highest BCUT2D eigenvalue weighted by molar-refractivity contribution is 7.85. The Hall–Kier alpha value is -1.73. The summed E-state index contributed by atoms with van der Waals surface area (Å²) in [6.07, 6.45) is 2.75. The van der Waals surface area contributed by atoms with Gasteiger partial charge in [-0.25, -0.2) is 4.79 Å². The molecule has 0 bridgehead atoms. The SMILES string of the molecule is Cc1ccc(S(=O)(=O)O)cc1CCCC=NC(=O)OC(C)(C)C. The predicted octanol–water partition coefficient (Wildman–Crippen LogP) is 3.57. The van der Waals surface area contributed by atoms with Crippen molar-refractivity contribution in [3.05, 3.63) is 29.3 Å². The van der Waals surface area contributed by atoms with E-state index in [0.717, 1.165) is 11.1 Å². The number of aryl methyl sites for hydroxylation is 2. The summed E-state index contributed by atoms with van der Waals surface area (Å²) in [6, 6.07) is 4.50. The summed E-state index contributed by atoms with van der Waals surface area (Å²) in [5.41, 5.74) is 1.22. The van der Waals surface area contributed by atoms with E-state index in [-0.39, 0.29) is 4.90 Å². The lowest BCUT2D eigenvalue weighted by Crippen LogP contribution is -2.21. The van der Waals surface area contributed by atoms with Crippen LogP contribution >= 0.6 is 0 Å². The van der Waals surface area contributed by atoms with Crippen molar-refractivity contribution in [2.75, 3.05) is 0 Å². The standard InChI is InChI=1S/C16H23NO5S/c1-12-8-9-14(23(19,20)21)11-13(12)7-5-6-10-17-15(18)22-16(2,3)4/h8-11H,5-7H2,1-4H3,(H,19,20,21). The first kappa shape index (κ1) is 19.3. The number of carbonyl (C=O) groups is 1. The molecule has 1 rings (SSSR count). The number of amides is 1. The van der Waals surface area contributed by atoms with Gasteiger partial charge in [-0.2, -0.15) is 13.4 Å². The summed E-state index contributed by atoms with van der Waals surface area (Å²) in [4.78, 5) is 15.0. The van der Waals surface area contributed by atoms with E-state index in [2.05, 4.69) is 4.99 Å². The van der Waals surface area contributed by atoms with Crippen molar-refractivity contribution in [3.63, 3.8) is 0 Å². The van der Waals surface area contributed by atoms with Crippen molar-refractivity contribution in [1.29, 1.82) is 0 Å². The van der Waals surface area contributed by atoms with Crippen molar-refractivity contribution < 1.29 is 22.5 Å². The second kappa shape index (κ2) is 7.70. The third-order valence-electron chi connectivity index (χ3n) is 2.99. The maximum absolute atomic E-state index is 11.4. The Morgan fingerprint density at radius 1 is 1.35 bits per heavy atom. The Labute approximate surface area is 137 Å². The molecule has 1 aromatic rings. The van der Waals surface area contributed by atoms with Gasteiger partial charge >= 0.3 is 6.09 Å². The molecule has 0 atom stereocenters. The van der Waals surface area contributed by atoms with Crippen LogP contribution in [0.5, 0.6) is 0 Å². The van der Waals surface area contributed by atoms with Crippen LogP contribution in [-0.2, 0) is 21.3 Å². The molecule has 1 N–H and O–H groups in total. The molecule has 0 unspecified atom stereocenters. The lowest BCUT2D eigenvalue weighted by atomic mass is 10.0. The van der Waals surface area contributed by atoms with E-state index < -0.39 is 21.8 Å². The molecule has 0 saturated carbocycles. The Bertz CT molecular complexity index is 687. The Balaban J connectivity index is 2.55. The minimum atomic E-state index is -4.19. The summed E-state index contributed by atoms with van der Waals surface area (Å²) in [5.74, 6) is 0. The van der Waals surface area contributed by atoms with Gasteiger partial charge in [0.25, 0.3) is 10.1 Å². The largest absolute Gasteiger partial charge is 0.442 e. The first-order valence-corrected chi connectivity index (χ1v) is 8.75. The topological polar surface area (TPSA) is 93.0 Å². The molecule has 23 heavy (non-hydrogen) atoms. The number of benzene rings is 1. The summed E-state index contributed by atoms with van der Waals surface area (Å²) in [5, 5.41) is 0. The van der Waals surface area contributed by atoms with E-state index in [9.17, 15) is 13.2 Å². The Morgan fingerprint density at radius 3 is 2.57 bits per heavy atom. The molecule has 0 aliphatic heterocycles. The van der Waals surface area contributed by atoms with Gasteiger partial charge in [0, 0.05) is 6.21 Å². The molecule has 0 saturated heterocycles. The van der Waals surface area contributed by atoms with E-state index in [4.69, 9.17) is 9.29 Å². The third kappa shape index (κ3) is 7.38. The third-order valence-corrected chi connectivity index (χ3v) is 3.84. The van der Waals surface area contributed by atoms with Crippen LogP contribution in [-0.4, -0.2) is 30.9 Å². The summed E-state index contributed by atoms with van der Waals surface area (Å²) in [7, 11) is -4.19. The molecule has 0 aliphatic rings. The normalized spacial score (nSPS) is 12.6. The van der Waals surface area contributed by atoms with Gasteiger partial charge in [-0.3, -0.25) is 4.55 Å². The molecule has 0 aliphatic carbocycles. The quantitative estimate of drug-likeness (QED) is 0.502. The van der Waals surface area contributed by atoms with E-state index in [1.807, 2.05) is 6.92 Å². The second-order valence-corrected chi connectivity index (χ2v) is 7.67. The molecule has 0 heterocycles. The molecular weight excluding hydrogens is 318 g/mol. The van der Waals surface area contributed by atoms with Gasteiger partial charge in [-0.15, -0.1) is 0 Å². The van der Waals surface area contributed by atoms with Crippen molar-refractivity contribution in [2.24, 2.45) is 4.99 Å². The molecule has 128 valence electrons. The fourth-order valence-electron chi connectivity index (χ4n) is 1.89. The number of carbonyl (C=O) groups excluding carboxylic acids is 1. The minimum Gasteiger partial charge on any atom is -0.442 e. The van der Waals surface area contributed by atoms with Crippen LogP contribution in [0, 0.1) is 6.92 Å². The van der Waals surface area contributed by atoms with Gasteiger partial charge in [-0.1, -0.05) is 6.07 Å². The molecule has 7 heteroatoms. The van der Waals surface area contributed by atoms with E-state index in [1.54, 1.807) is 26.8 Å². The van der Waals surface area contributed by atoms with Gasteiger partial charge < -0.3 is 4.74 Å². The second-order valence-electron chi connectivity index (χ2n) is 6.25. The maximum atomic E-state index is 11.4.